The van der Waals surface area contributed by atoms with Gasteiger partial charge in [-0.25, -0.2) is 0 Å². The summed E-state index contributed by atoms with van der Waals surface area (Å²) in [5, 5.41) is 12.2. The molecule has 94 valence electrons. The minimum Gasteiger partial charge on any atom is -0.396 e. The van der Waals surface area contributed by atoms with Gasteiger partial charge < -0.3 is 10.4 Å². The Hall–Kier alpha value is -0.570. The molecule has 1 saturated carbocycles. The molecule has 1 rings (SSSR count). The number of nitrogens with one attached hydrogen (secondary N) is 1. The van der Waals surface area contributed by atoms with Crippen molar-refractivity contribution in [3.05, 3.63) is 0 Å². The van der Waals surface area contributed by atoms with E-state index in [1.165, 1.54) is 32.1 Å². The summed E-state index contributed by atoms with van der Waals surface area (Å²) < 4.78 is 0. The Bertz CT molecular complexity index is 200. The van der Waals surface area contributed by atoms with Gasteiger partial charge in [-0.3, -0.25) is 4.79 Å². The number of hydrogen-bond acceptors (Lipinski definition) is 2. The summed E-state index contributed by atoms with van der Waals surface area (Å²) in [6.45, 7) is 2.69. The van der Waals surface area contributed by atoms with E-state index in [0.717, 1.165) is 12.3 Å². The lowest BCUT2D eigenvalue weighted by atomic mass is 9.83. The second-order valence-corrected chi connectivity index (χ2v) is 4.95. The van der Waals surface area contributed by atoms with Crippen LogP contribution in [0.4, 0.5) is 0 Å². The molecule has 2 N–H and O–H groups in total. The Balaban J connectivity index is 2.22. The van der Waals surface area contributed by atoms with E-state index in [4.69, 9.17) is 0 Å². The van der Waals surface area contributed by atoms with Gasteiger partial charge in [-0.15, -0.1) is 0 Å². The Morgan fingerprint density at radius 1 is 1.38 bits per heavy atom. The molecule has 0 aromatic rings. The monoisotopic (exact) mass is 227 g/mol. The molecule has 0 bridgehead atoms. The van der Waals surface area contributed by atoms with Gasteiger partial charge in [0.2, 0.25) is 5.91 Å². The maximum atomic E-state index is 11.1. The van der Waals surface area contributed by atoms with E-state index < -0.39 is 0 Å². The number of hydrogen-bond donors (Lipinski definition) is 2. The first kappa shape index (κ1) is 13.5. The van der Waals surface area contributed by atoms with E-state index in [2.05, 4.69) is 5.32 Å². The molecule has 0 aromatic carbocycles. The molecule has 0 saturated heterocycles. The quantitative estimate of drug-likeness (QED) is 0.730. The zero-order valence-corrected chi connectivity index (χ0v) is 10.4. The lowest BCUT2D eigenvalue weighted by Gasteiger charge is -2.25. The average molecular weight is 227 g/mol. The predicted octanol–water partition coefficient (Wildman–Crippen LogP) is 2.09. The van der Waals surface area contributed by atoms with Crippen LogP contribution in [0.15, 0.2) is 0 Å². The van der Waals surface area contributed by atoms with Crippen LogP contribution in [-0.4, -0.2) is 24.2 Å². The molecule has 1 atom stereocenters. The van der Waals surface area contributed by atoms with Crippen LogP contribution in [0.25, 0.3) is 0 Å². The largest absolute Gasteiger partial charge is 0.396 e. The van der Waals surface area contributed by atoms with E-state index in [-0.39, 0.29) is 18.4 Å². The van der Waals surface area contributed by atoms with Crippen LogP contribution < -0.4 is 5.32 Å². The molecule has 0 aliphatic heterocycles. The molecule has 3 nitrogen and oxygen atoms in total. The smallest absolute Gasteiger partial charge is 0.219 e. The molecule has 3 heteroatoms. The van der Waals surface area contributed by atoms with Crippen LogP contribution >= 0.6 is 0 Å². The molecule has 1 fully saturated rings. The SMILES string of the molecule is CCC(=O)NCC(CO)CC1CCCCC1. The molecular formula is C13H25NO2. The van der Waals surface area contributed by atoms with E-state index in [0.29, 0.717) is 13.0 Å². The Morgan fingerprint density at radius 3 is 2.62 bits per heavy atom. The fourth-order valence-corrected chi connectivity index (χ4v) is 2.50. The van der Waals surface area contributed by atoms with Crippen LogP contribution in [0.3, 0.4) is 0 Å². The average Bonchev–Trinajstić information content (AvgIpc) is 2.35. The first-order valence-electron chi connectivity index (χ1n) is 6.63. The van der Waals surface area contributed by atoms with Gasteiger partial charge in [0.1, 0.15) is 0 Å². The van der Waals surface area contributed by atoms with Crippen LogP contribution in [0.5, 0.6) is 0 Å². The van der Waals surface area contributed by atoms with E-state index in [1.54, 1.807) is 0 Å². The highest BCUT2D eigenvalue weighted by Crippen LogP contribution is 2.28. The maximum Gasteiger partial charge on any atom is 0.219 e. The van der Waals surface area contributed by atoms with Crippen molar-refractivity contribution in [3.8, 4) is 0 Å². The third-order valence-corrected chi connectivity index (χ3v) is 3.56. The third kappa shape index (κ3) is 4.97. The molecule has 16 heavy (non-hydrogen) atoms. The maximum absolute atomic E-state index is 11.1. The molecule has 1 aliphatic rings. The molecule has 0 spiro atoms. The van der Waals surface area contributed by atoms with E-state index in [9.17, 15) is 9.90 Å². The minimum atomic E-state index is 0.0853. The van der Waals surface area contributed by atoms with Crippen LogP contribution in [0.2, 0.25) is 0 Å². The molecule has 1 aliphatic carbocycles. The Labute approximate surface area is 98.6 Å². The van der Waals surface area contributed by atoms with Crippen LogP contribution in [0.1, 0.15) is 51.9 Å². The summed E-state index contributed by atoms with van der Waals surface area (Å²) in [5.41, 5.74) is 0. The summed E-state index contributed by atoms with van der Waals surface area (Å²) in [6, 6.07) is 0. The summed E-state index contributed by atoms with van der Waals surface area (Å²) in [7, 11) is 0. The lowest BCUT2D eigenvalue weighted by molar-refractivity contribution is -0.121. The number of aliphatic hydroxyl groups excluding tert-OH is 1. The standard InChI is InChI=1S/C13H25NO2/c1-2-13(16)14-9-12(10-15)8-11-6-4-3-5-7-11/h11-12,15H,2-10H2,1H3,(H,14,16). The van der Waals surface area contributed by atoms with Gasteiger partial charge in [0.05, 0.1) is 0 Å². The van der Waals surface area contributed by atoms with Crippen molar-refractivity contribution in [2.75, 3.05) is 13.2 Å². The first-order chi connectivity index (χ1) is 7.76. The van der Waals surface area contributed by atoms with Gasteiger partial charge in [0.25, 0.3) is 0 Å². The van der Waals surface area contributed by atoms with Crippen LogP contribution in [-0.2, 0) is 4.79 Å². The third-order valence-electron chi connectivity index (χ3n) is 3.56. The number of amides is 1. The van der Waals surface area contributed by atoms with Gasteiger partial charge in [-0.2, -0.15) is 0 Å². The van der Waals surface area contributed by atoms with Gasteiger partial charge in [0.15, 0.2) is 0 Å². The second-order valence-electron chi connectivity index (χ2n) is 4.95. The van der Waals surface area contributed by atoms with Crippen molar-refractivity contribution in [1.82, 2.24) is 5.32 Å². The van der Waals surface area contributed by atoms with E-state index >= 15 is 0 Å². The lowest BCUT2D eigenvalue weighted by Crippen LogP contribution is -2.31. The highest BCUT2D eigenvalue weighted by Gasteiger charge is 2.18. The fourth-order valence-electron chi connectivity index (χ4n) is 2.50. The van der Waals surface area contributed by atoms with Crippen molar-refractivity contribution >= 4 is 5.91 Å². The molecule has 1 amide bonds. The second kappa shape index (κ2) is 7.66. The molecule has 0 radical (unpaired) electrons. The molecular weight excluding hydrogens is 202 g/mol. The highest BCUT2D eigenvalue weighted by atomic mass is 16.3. The van der Waals surface area contributed by atoms with Gasteiger partial charge in [0, 0.05) is 19.6 Å². The first-order valence-corrected chi connectivity index (χ1v) is 6.63. The summed E-state index contributed by atoms with van der Waals surface area (Å²) in [5.74, 6) is 1.10. The van der Waals surface area contributed by atoms with Crippen LogP contribution in [0, 0.1) is 11.8 Å². The molecule has 1 unspecified atom stereocenters. The minimum absolute atomic E-state index is 0.0853. The van der Waals surface area contributed by atoms with Gasteiger partial charge in [-0.05, 0) is 18.3 Å². The zero-order valence-electron chi connectivity index (χ0n) is 10.4. The fraction of sp³-hybridized carbons (Fsp3) is 0.923. The Morgan fingerprint density at radius 2 is 2.06 bits per heavy atom. The predicted molar refractivity (Wildman–Crippen MR) is 65.1 cm³/mol. The topological polar surface area (TPSA) is 49.3 Å². The number of aliphatic hydroxyl groups is 1. The van der Waals surface area contributed by atoms with Crippen molar-refractivity contribution in [1.29, 1.82) is 0 Å². The summed E-state index contributed by atoms with van der Waals surface area (Å²) in [4.78, 5) is 11.1. The van der Waals surface area contributed by atoms with Crippen molar-refractivity contribution < 1.29 is 9.90 Å². The number of carbonyl (C=O) groups is 1. The zero-order chi connectivity index (χ0) is 11.8. The molecule has 0 aromatic heterocycles. The Kier molecular flexibility index (Phi) is 6.46. The van der Waals surface area contributed by atoms with Gasteiger partial charge in [-0.1, -0.05) is 39.0 Å². The van der Waals surface area contributed by atoms with Crippen molar-refractivity contribution in [3.63, 3.8) is 0 Å². The van der Waals surface area contributed by atoms with Crippen molar-refractivity contribution in [2.24, 2.45) is 11.8 Å². The number of rotatable bonds is 6. The van der Waals surface area contributed by atoms with Crippen molar-refractivity contribution in [2.45, 2.75) is 51.9 Å². The van der Waals surface area contributed by atoms with E-state index in [1.807, 2.05) is 6.92 Å². The summed E-state index contributed by atoms with van der Waals surface area (Å²) in [6.07, 6.45) is 8.25. The molecule has 0 heterocycles. The normalized spacial score (nSPS) is 19.4. The highest BCUT2D eigenvalue weighted by molar-refractivity contribution is 5.75. The van der Waals surface area contributed by atoms with Gasteiger partial charge >= 0.3 is 0 Å². The number of carbonyl (C=O) groups excluding carboxylic acids is 1. The summed E-state index contributed by atoms with van der Waals surface area (Å²) >= 11 is 0.